The van der Waals surface area contributed by atoms with Crippen LogP contribution >= 0.6 is 0 Å². The van der Waals surface area contributed by atoms with E-state index in [1.165, 1.54) is 5.57 Å². The first-order valence-corrected chi connectivity index (χ1v) is 13.6. The van der Waals surface area contributed by atoms with E-state index in [4.69, 9.17) is 0 Å². The third-order valence-electron chi connectivity index (χ3n) is 12.5. The number of allylic oxidation sites excluding steroid dienone is 3. The molecule has 190 valence electrons. The minimum atomic E-state index is -0.506. The monoisotopic (exact) mass is 470 g/mol. The molecule has 4 nitrogen and oxygen atoms in total. The van der Waals surface area contributed by atoms with Gasteiger partial charge in [0.1, 0.15) is 0 Å². The van der Waals surface area contributed by atoms with Gasteiger partial charge in [-0.05, 0) is 72.7 Å². The van der Waals surface area contributed by atoms with Crippen LogP contribution in [0, 0.1) is 56.7 Å². The zero-order chi connectivity index (χ0) is 25.1. The van der Waals surface area contributed by atoms with E-state index in [9.17, 15) is 20.1 Å². The van der Waals surface area contributed by atoms with Crippen molar-refractivity contribution in [2.45, 2.75) is 92.8 Å². The summed E-state index contributed by atoms with van der Waals surface area (Å²) in [6, 6.07) is 0. The Kier molecular flexibility index (Phi) is 5.30. The van der Waals surface area contributed by atoms with Crippen LogP contribution in [0.25, 0.3) is 0 Å². The summed E-state index contributed by atoms with van der Waals surface area (Å²) in [4.78, 5) is 12.8. The Bertz CT molecular complexity index is 947. The Morgan fingerprint density at radius 1 is 1.00 bits per heavy atom. The van der Waals surface area contributed by atoms with Crippen LogP contribution in [0.5, 0.6) is 0 Å². The van der Waals surface area contributed by atoms with Crippen molar-refractivity contribution in [3.8, 4) is 0 Å². The van der Waals surface area contributed by atoms with Crippen molar-refractivity contribution in [2.24, 2.45) is 56.7 Å². The predicted octanol–water partition coefficient (Wildman–Crippen LogP) is 4.92. The fourth-order valence-corrected chi connectivity index (χ4v) is 10.6. The van der Waals surface area contributed by atoms with Gasteiger partial charge < -0.3 is 15.3 Å². The van der Waals surface area contributed by atoms with E-state index in [-0.39, 0.29) is 51.8 Å². The van der Waals surface area contributed by atoms with Crippen molar-refractivity contribution in [2.75, 3.05) is 6.61 Å². The number of carbonyl (C=O) groups excluding carboxylic acids is 1. The molecule has 0 aromatic carbocycles. The molecule has 5 rings (SSSR count). The van der Waals surface area contributed by atoms with Crippen molar-refractivity contribution in [1.29, 1.82) is 0 Å². The van der Waals surface area contributed by atoms with Gasteiger partial charge in [-0.2, -0.15) is 0 Å². The third-order valence-corrected chi connectivity index (χ3v) is 12.5. The highest BCUT2D eigenvalue weighted by Crippen LogP contribution is 2.75. The van der Waals surface area contributed by atoms with Gasteiger partial charge in [-0.1, -0.05) is 66.2 Å². The van der Waals surface area contributed by atoms with E-state index in [0.717, 1.165) is 25.7 Å². The standard InChI is InChI=1S/C30H46O4/c1-17(2)19-14-21(33)25-29(7)11-8-18-24(28(29,6)12-13-30(19,25)16-31)20(32)15-22-26(3,4)23(34)9-10-27(18,22)5/h8-10,17,19-22,24-25,31-33H,11-16H2,1-7H3/t19-,20-,21+,22?,24-,25+,27+,28-,29+,30+/m0/s1. The van der Waals surface area contributed by atoms with Gasteiger partial charge in [-0.3, -0.25) is 4.79 Å². The first kappa shape index (κ1) is 24.7. The lowest BCUT2D eigenvalue weighted by atomic mass is 9.35. The third kappa shape index (κ3) is 2.69. The summed E-state index contributed by atoms with van der Waals surface area (Å²) in [5.74, 6) is 0.990. The lowest BCUT2D eigenvalue weighted by Crippen LogP contribution is -2.66. The molecule has 0 heterocycles. The van der Waals surface area contributed by atoms with Crippen molar-refractivity contribution < 1.29 is 20.1 Å². The molecule has 0 bridgehead atoms. The van der Waals surface area contributed by atoms with Gasteiger partial charge in [0.05, 0.1) is 12.2 Å². The molecule has 0 aromatic rings. The van der Waals surface area contributed by atoms with Gasteiger partial charge in [0, 0.05) is 28.8 Å². The molecular formula is C30H46O4. The zero-order valence-corrected chi connectivity index (χ0v) is 22.3. The Labute approximate surface area is 205 Å². The summed E-state index contributed by atoms with van der Waals surface area (Å²) >= 11 is 0. The molecule has 10 atom stereocenters. The van der Waals surface area contributed by atoms with Crippen molar-refractivity contribution in [1.82, 2.24) is 0 Å². The van der Waals surface area contributed by atoms with Crippen molar-refractivity contribution in [3.63, 3.8) is 0 Å². The van der Waals surface area contributed by atoms with Crippen molar-refractivity contribution >= 4 is 5.78 Å². The fraction of sp³-hybridized carbons (Fsp3) is 0.833. The summed E-state index contributed by atoms with van der Waals surface area (Å²) in [6.45, 7) is 15.7. The van der Waals surface area contributed by atoms with E-state index in [1.807, 2.05) is 13.8 Å². The molecule has 3 saturated carbocycles. The summed E-state index contributed by atoms with van der Waals surface area (Å²) in [5, 5.41) is 34.1. The SMILES string of the molecule is CC(C)[C@@H]1C[C@@H](O)[C@H]2[C@@]1(CO)CC[C@@]1(C)[C@H]3C(=CC[C@]21C)[C@@]1(C)C=CC(=O)C(C)(C)C1C[C@@H]3O. The Hall–Kier alpha value is -0.970. The number of aliphatic hydroxyl groups is 3. The topological polar surface area (TPSA) is 77.8 Å². The number of hydrogen-bond acceptors (Lipinski definition) is 4. The van der Waals surface area contributed by atoms with E-state index >= 15 is 0 Å². The van der Waals surface area contributed by atoms with Gasteiger partial charge in [0.15, 0.2) is 5.78 Å². The molecule has 34 heavy (non-hydrogen) atoms. The number of carbonyl (C=O) groups is 1. The molecule has 4 heteroatoms. The first-order valence-electron chi connectivity index (χ1n) is 13.6. The van der Waals surface area contributed by atoms with E-state index in [0.29, 0.717) is 18.3 Å². The molecule has 0 amide bonds. The molecule has 3 fully saturated rings. The highest BCUT2D eigenvalue weighted by Gasteiger charge is 2.72. The minimum Gasteiger partial charge on any atom is -0.396 e. The van der Waals surface area contributed by atoms with E-state index in [1.54, 1.807) is 6.08 Å². The summed E-state index contributed by atoms with van der Waals surface area (Å²) in [7, 11) is 0. The maximum Gasteiger partial charge on any atom is 0.161 e. The second kappa shape index (κ2) is 7.29. The van der Waals surface area contributed by atoms with Crippen LogP contribution in [0.3, 0.4) is 0 Å². The molecule has 5 aliphatic carbocycles. The Morgan fingerprint density at radius 2 is 1.68 bits per heavy atom. The Morgan fingerprint density at radius 3 is 2.29 bits per heavy atom. The van der Waals surface area contributed by atoms with Gasteiger partial charge in [0.2, 0.25) is 0 Å². The average Bonchev–Trinajstić information content (AvgIpc) is 3.08. The van der Waals surface area contributed by atoms with Crippen LogP contribution in [0.2, 0.25) is 0 Å². The average molecular weight is 471 g/mol. The lowest BCUT2D eigenvalue weighted by Gasteiger charge is -2.69. The minimum absolute atomic E-state index is 0.00291. The second-order valence-corrected chi connectivity index (χ2v) is 14.3. The molecule has 0 spiro atoms. The molecular weight excluding hydrogens is 424 g/mol. The molecule has 0 aliphatic heterocycles. The first-order chi connectivity index (χ1) is 15.7. The van der Waals surface area contributed by atoms with Gasteiger partial charge >= 0.3 is 0 Å². The molecule has 0 radical (unpaired) electrons. The quantitative estimate of drug-likeness (QED) is 0.501. The van der Waals surface area contributed by atoms with Gasteiger partial charge in [0.25, 0.3) is 0 Å². The van der Waals surface area contributed by atoms with Crippen molar-refractivity contribution in [3.05, 3.63) is 23.8 Å². The number of aliphatic hydroxyl groups excluding tert-OH is 3. The van der Waals surface area contributed by atoms with Gasteiger partial charge in [-0.25, -0.2) is 0 Å². The summed E-state index contributed by atoms with van der Waals surface area (Å²) in [6.07, 6.45) is 9.44. The predicted molar refractivity (Wildman–Crippen MR) is 134 cm³/mol. The van der Waals surface area contributed by atoms with Crippen LogP contribution in [0.15, 0.2) is 23.8 Å². The molecule has 1 unspecified atom stereocenters. The van der Waals surface area contributed by atoms with Crippen LogP contribution in [-0.4, -0.2) is 39.9 Å². The second-order valence-electron chi connectivity index (χ2n) is 14.3. The zero-order valence-electron chi connectivity index (χ0n) is 22.3. The molecule has 0 aromatic heterocycles. The summed E-state index contributed by atoms with van der Waals surface area (Å²) < 4.78 is 0. The number of hydrogen-bond donors (Lipinski definition) is 3. The highest BCUT2D eigenvalue weighted by atomic mass is 16.3. The number of ketones is 1. The molecule has 3 N–H and O–H groups in total. The largest absolute Gasteiger partial charge is 0.396 e. The van der Waals surface area contributed by atoms with Crippen LogP contribution in [-0.2, 0) is 4.79 Å². The van der Waals surface area contributed by atoms with Crippen LogP contribution in [0.1, 0.15) is 80.6 Å². The van der Waals surface area contributed by atoms with E-state index in [2.05, 4.69) is 46.8 Å². The van der Waals surface area contributed by atoms with Crippen LogP contribution in [0.4, 0.5) is 0 Å². The number of fused-ring (bicyclic) bond motifs is 7. The fourth-order valence-electron chi connectivity index (χ4n) is 10.6. The smallest absolute Gasteiger partial charge is 0.161 e. The lowest BCUT2D eigenvalue weighted by molar-refractivity contribution is -0.203. The van der Waals surface area contributed by atoms with Gasteiger partial charge in [-0.15, -0.1) is 0 Å². The maximum absolute atomic E-state index is 12.8. The normalized spacial score (nSPS) is 53.6. The molecule has 0 saturated heterocycles. The maximum atomic E-state index is 12.8. The van der Waals surface area contributed by atoms with E-state index < -0.39 is 17.6 Å². The summed E-state index contributed by atoms with van der Waals surface area (Å²) in [5.41, 5.74) is -0.0795. The number of rotatable bonds is 2. The van der Waals surface area contributed by atoms with Crippen LogP contribution < -0.4 is 0 Å². The highest BCUT2D eigenvalue weighted by molar-refractivity contribution is 5.96. The molecule has 5 aliphatic rings. The Balaban J connectivity index is 1.65.